The predicted octanol–water partition coefficient (Wildman–Crippen LogP) is 12.7. The molecule has 0 saturated carbocycles. The van der Waals surface area contributed by atoms with Gasteiger partial charge in [0, 0.05) is 11.8 Å². The molecule has 8 atom stereocenters. The first-order chi connectivity index (χ1) is 31.6. The highest BCUT2D eigenvalue weighted by Crippen LogP contribution is 2.30. The fourth-order valence-corrected chi connectivity index (χ4v) is 8.21. The minimum Gasteiger partial charge on any atom is -0.370 e. The molecule has 0 fully saturated rings. The smallest absolute Gasteiger partial charge is 0.111 e. The molecule has 64 heavy (non-hydrogen) atoms. The lowest BCUT2D eigenvalue weighted by molar-refractivity contribution is -0.157. The predicted molar refractivity (Wildman–Crippen MR) is 256 cm³/mol. The van der Waals surface area contributed by atoms with E-state index in [0.29, 0.717) is 39.6 Å². The van der Waals surface area contributed by atoms with Crippen LogP contribution in [0.4, 0.5) is 0 Å². The maximum Gasteiger partial charge on any atom is 0.111 e. The van der Waals surface area contributed by atoms with Crippen molar-refractivity contribution in [1.29, 1.82) is 0 Å². The van der Waals surface area contributed by atoms with Crippen molar-refractivity contribution in [2.45, 2.75) is 103 Å². The van der Waals surface area contributed by atoms with Gasteiger partial charge in [-0.2, -0.15) is 0 Å². The van der Waals surface area contributed by atoms with E-state index in [9.17, 15) is 0 Å². The summed E-state index contributed by atoms with van der Waals surface area (Å²) in [6, 6.07) is 61.9. The van der Waals surface area contributed by atoms with Gasteiger partial charge in [-0.1, -0.05) is 220 Å². The molecule has 0 heterocycles. The third-order valence-electron chi connectivity index (χ3n) is 11.8. The fraction of sp³-hybridized carbons (Fsp3) is 0.310. The lowest BCUT2D eigenvalue weighted by Crippen LogP contribution is -2.44. The Hall–Kier alpha value is -5.44. The van der Waals surface area contributed by atoms with E-state index in [1.54, 1.807) is 0 Å². The molecule has 8 rings (SSSR count). The molecule has 6 aromatic carbocycles. The van der Waals surface area contributed by atoms with Gasteiger partial charge < -0.3 is 28.4 Å². The third-order valence-corrected chi connectivity index (χ3v) is 11.8. The summed E-state index contributed by atoms with van der Waals surface area (Å²) in [5.74, 6) is 0.453. The molecule has 2 aliphatic carbocycles. The highest BCUT2D eigenvalue weighted by atomic mass is 16.6. The Labute approximate surface area is 381 Å². The molecular formula is C58H64O6. The van der Waals surface area contributed by atoms with E-state index in [1.807, 2.05) is 109 Å². The lowest BCUT2D eigenvalue weighted by Gasteiger charge is -2.34. The molecule has 6 nitrogen and oxygen atoms in total. The van der Waals surface area contributed by atoms with Gasteiger partial charge in [-0.3, -0.25) is 0 Å². The Bertz CT molecular complexity index is 2040. The first-order valence-corrected chi connectivity index (χ1v) is 22.9. The van der Waals surface area contributed by atoms with Gasteiger partial charge in [0.05, 0.1) is 64.1 Å². The molecule has 0 aliphatic heterocycles. The summed E-state index contributed by atoms with van der Waals surface area (Å²) in [6.45, 7) is 7.70. The quantitative estimate of drug-likeness (QED) is 0.0803. The lowest BCUT2D eigenvalue weighted by atomic mass is 9.97. The van der Waals surface area contributed by atoms with E-state index in [2.05, 4.69) is 111 Å². The third kappa shape index (κ3) is 14.8. The van der Waals surface area contributed by atoms with Crippen LogP contribution in [0.2, 0.25) is 0 Å². The van der Waals surface area contributed by atoms with Crippen LogP contribution in [0, 0.1) is 11.8 Å². The van der Waals surface area contributed by atoms with E-state index >= 15 is 0 Å². The molecule has 0 amide bonds. The van der Waals surface area contributed by atoms with Crippen molar-refractivity contribution in [3.8, 4) is 0 Å². The SMILES string of the molecule is C[C@H]1C=CC[C@@H](OCc2ccccc2)[C@H](OCc2ccccc2)[C@H]1OCc1ccccc1.C[C@H]1C=CC[C@H](OCc2ccccc2)[C@H](OCc2ccccc2)[C@H]1OCc1ccccc1. The second kappa shape index (κ2) is 25.8. The second-order valence-electron chi connectivity index (χ2n) is 16.8. The van der Waals surface area contributed by atoms with Crippen LogP contribution >= 0.6 is 0 Å². The van der Waals surface area contributed by atoms with Crippen molar-refractivity contribution in [1.82, 2.24) is 0 Å². The van der Waals surface area contributed by atoms with Gasteiger partial charge in [-0.25, -0.2) is 0 Å². The molecule has 2 aliphatic rings. The molecule has 0 spiro atoms. The van der Waals surface area contributed by atoms with Gasteiger partial charge >= 0.3 is 0 Å². The Morgan fingerprint density at radius 1 is 0.297 bits per heavy atom. The van der Waals surface area contributed by atoms with Crippen LogP contribution in [0.5, 0.6) is 0 Å². The molecule has 6 aromatic rings. The number of hydrogen-bond acceptors (Lipinski definition) is 6. The zero-order chi connectivity index (χ0) is 44.0. The zero-order valence-electron chi connectivity index (χ0n) is 37.4. The molecule has 332 valence electrons. The van der Waals surface area contributed by atoms with Gasteiger partial charge in [0.1, 0.15) is 12.2 Å². The van der Waals surface area contributed by atoms with E-state index in [1.165, 1.54) is 0 Å². The van der Waals surface area contributed by atoms with Gasteiger partial charge in [-0.15, -0.1) is 0 Å². The van der Waals surface area contributed by atoms with Gasteiger partial charge in [-0.05, 0) is 46.2 Å². The fourth-order valence-electron chi connectivity index (χ4n) is 8.21. The van der Waals surface area contributed by atoms with Crippen molar-refractivity contribution in [2.24, 2.45) is 11.8 Å². The normalized spacial score (nSPS) is 23.0. The van der Waals surface area contributed by atoms with Crippen molar-refractivity contribution in [2.75, 3.05) is 0 Å². The van der Waals surface area contributed by atoms with Crippen molar-refractivity contribution < 1.29 is 28.4 Å². The highest BCUT2D eigenvalue weighted by molar-refractivity contribution is 5.18. The molecule has 0 bridgehead atoms. The second-order valence-corrected chi connectivity index (χ2v) is 16.8. The summed E-state index contributed by atoms with van der Waals surface area (Å²) in [6.07, 6.45) is 9.81. The van der Waals surface area contributed by atoms with E-state index < -0.39 is 0 Å². The van der Waals surface area contributed by atoms with Crippen molar-refractivity contribution >= 4 is 0 Å². The topological polar surface area (TPSA) is 55.4 Å². The van der Waals surface area contributed by atoms with Crippen LogP contribution in [0.1, 0.15) is 60.1 Å². The minimum atomic E-state index is -0.173. The van der Waals surface area contributed by atoms with Crippen LogP contribution in [-0.4, -0.2) is 36.6 Å². The molecule has 0 unspecified atom stereocenters. The summed E-state index contributed by atoms with van der Waals surface area (Å²) in [5, 5.41) is 0. The van der Waals surface area contributed by atoms with Gasteiger partial charge in [0.15, 0.2) is 0 Å². The number of hydrogen-bond donors (Lipinski definition) is 0. The molecular weight excluding hydrogens is 793 g/mol. The average Bonchev–Trinajstić information content (AvgIpc) is 3.60. The maximum absolute atomic E-state index is 6.53. The number of benzene rings is 6. The first kappa shape index (κ1) is 46.5. The highest BCUT2D eigenvalue weighted by Gasteiger charge is 2.38. The standard InChI is InChI=1S/2C29H32O3/c2*1-23-12-11-19-27(30-20-24-13-5-2-6-14-24)29(32-22-26-17-9-4-10-18-26)28(23)31-21-25-15-7-3-8-16-25/h2*2-18,23,27-29H,19-22H2,1H3/t23-,27+,28-,29-;23-,27-,28-,29-/m00/s1. The molecule has 0 aromatic heterocycles. The van der Waals surface area contributed by atoms with Crippen molar-refractivity contribution in [3.05, 3.63) is 240 Å². The summed E-state index contributed by atoms with van der Waals surface area (Å²) < 4.78 is 38.9. The van der Waals surface area contributed by atoms with Gasteiger partial charge in [0.25, 0.3) is 0 Å². The Morgan fingerprint density at radius 2 is 0.516 bits per heavy atom. The average molecular weight is 857 g/mol. The summed E-state index contributed by atoms with van der Waals surface area (Å²) in [4.78, 5) is 0. The zero-order valence-corrected chi connectivity index (χ0v) is 37.4. The largest absolute Gasteiger partial charge is 0.370 e. The number of rotatable bonds is 18. The molecule has 6 heteroatoms. The van der Waals surface area contributed by atoms with Crippen LogP contribution in [-0.2, 0) is 68.1 Å². The molecule has 0 N–H and O–H groups in total. The van der Waals surface area contributed by atoms with Crippen LogP contribution < -0.4 is 0 Å². The van der Waals surface area contributed by atoms with E-state index in [4.69, 9.17) is 28.4 Å². The van der Waals surface area contributed by atoms with Crippen LogP contribution in [0.25, 0.3) is 0 Å². The minimum absolute atomic E-state index is 0.0825. The first-order valence-electron chi connectivity index (χ1n) is 22.9. The Kier molecular flexibility index (Phi) is 18.7. The van der Waals surface area contributed by atoms with Crippen molar-refractivity contribution in [3.63, 3.8) is 0 Å². The summed E-state index contributed by atoms with van der Waals surface area (Å²) >= 11 is 0. The molecule has 0 radical (unpaired) electrons. The van der Waals surface area contributed by atoms with Crippen LogP contribution in [0.3, 0.4) is 0 Å². The summed E-state index contributed by atoms with van der Waals surface area (Å²) in [5.41, 5.74) is 6.96. The Morgan fingerprint density at radius 3 is 0.766 bits per heavy atom. The summed E-state index contributed by atoms with van der Waals surface area (Å²) in [7, 11) is 0. The number of ether oxygens (including phenoxy) is 6. The van der Waals surface area contributed by atoms with Gasteiger partial charge in [0.2, 0.25) is 0 Å². The molecule has 0 saturated heterocycles. The maximum atomic E-state index is 6.53. The monoisotopic (exact) mass is 856 g/mol. The Balaban J connectivity index is 0.000000191. The van der Waals surface area contributed by atoms with Crippen LogP contribution in [0.15, 0.2) is 206 Å². The van der Waals surface area contributed by atoms with E-state index in [-0.39, 0.29) is 48.5 Å². The van der Waals surface area contributed by atoms with E-state index in [0.717, 1.165) is 46.2 Å².